The van der Waals surface area contributed by atoms with Gasteiger partial charge in [0.2, 0.25) is 5.91 Å². The molecule has 4 aliphatic rings. The lowest BCUT2D eigenvalue weighted by Gasteiger charge is -2.59. The molecule has 1 N–H and O–H groups in total. The van der Waals surface area contributed by atoms with Gasteiger partial charge in [-0.3, -0.25) is 9.78 Å². The smallest absolute Gasteiger partial charge is 0.246 e. The van der Waals surface area contributed by atoms with E-state index in [0.29, 0.717) is 23.8 Å². The molecule has 29 heavy (non-hydrogen) atoms. The highest BCUT2D eigenvalue weighted by Crippen LogP contribution is 2.64. The average Bonchev–Trinajstić information content (AvgIpc) is 2.97. The third kappa shape index (κ3) is 2.68. The van der Waals surface area contributed by atoms with Gasteiger partial charge in [-0.15, -0.1) is 0 Å². The fraction of sp³-hybridized carbons (Fsp3) is 0.600. The largest absolute Gasteiger partial charge is 0.388 e. The molecule has 0 bridgehead atoms. The second kappa shape index (κ2) is 6.53. The number of likely N-dealkylation sites (N-methyl/N-ethyl adjacent to an activating group) is 1. The molecule has 0 aromatic carbocycles. The van der Waals surface area contributed by atoms with Crippen molar-refractivity contribution in [3.05, 3.63) is 47.8 Å². The van der Waals surface area contributed by atoms with Crippen molar-refractivity contribution in [3.63, 3.8) is 0 Å². The number of hydrogen-bond donors (Lipinski definition) is 1. The maximum absolute atomic E-state index is 12.2. The molecule has 7 atom stereocenters. The highest BCUT2D eigenvalue weighted by atomic mass is 16.3. The van der Waals surface area contributed by atoms with Gasteiger partial charge in [-0.2, -0.15) is 0 Å². The molecule has 154 valence electrons. The summed E-state index contributed by atoms with van der Waals surface area (Å²) in [5, 5.41) is 11.3. The van der Waals surface area contributed by atoms with Crippen LogP contribution in [0.1, 0.15) is 51.5 Å². The quantitative estimate of drug-likeness (QED) is 0.784. The summed E-state index contributed by atoms with van der Waals surface area (Å²) in [4.78, 5) is 18.3. The Labute approximate surface area is 173 Å². The van der Waals surface area contributed by atoms with E-state index in [0.717, 1.165) is 37.7 Å². The highest BCUT2D eigenvalue weighted by Gasteiger charge is 2.61. The van der Waals surface area contributed by atoms with Crippen LogP contribution in [-0.2, 0) is 4.79 Å². The Hall–Kier alpha value is -1.94. The average molecular weight is 393 g/mol. The third-order valence-corrected chi connectivity index (χ3v) is 9.05. The minimum Gasteiger partial charge on any atom is -0.388 e. The molecule has 1 amide bonds. The molecule has 0 spiro atoms. The Morgan fingerprint density at radius 3 is 2.69 bits per heavy atom. The zero-order valence-corrected chi connectivity index (χ0v) is 17.7. The van der Waals surface area contributed by atoms with Gasteiger partial charge in [0.1, 0.15) is 0 Å². The number of pyridine rings is 1. The molecule has 5 rings (SSSR count). The van der Waals surface area contributed by atoms with Crippen LogP contribution in [0.2, 0.25) is 0 Å². The van der Waals surface area contributed by atoms with Crippen molar-refractivity contribution >= 4 is 12.0 Å². The second-order valence-corrected chi connectivity index (χ2v) is 10.3. The summed E-state index contributed by atoms with van der Waals surface area (Å²) in [6, 6.07) is 4.33. The van der Waals surface area contributed by atoms with E-state index in [4.69, 9.17) is 0 Å². The second-order valence-electron chi connectivity index (χ2n) is 10.3. The molecule has 1 aliphatic heterocycles. The molecular formula is C25H32N2O2. The minimum absolute atomic E-state index is 0.0384. The van der Waals surface area contributed by atoms with Crippen LogP contribution in [0.5, 0.6) is 0 Å². The van der Waals surface area contributed by atoms with E-state index in [1.54, 1.807) is 6.08 Å². The van der Waals surface area contributed by atoms with Gasteiger partial charge in [0.05, 0.1) is 6.10 Å². The van der Waals surface area contributed by atoms with E-state index in [2.05, 4.69) is 31.0 Å². The number of aromatic nitrogens is 1. The Bertz CT molecular complexity index is 878. The molecule has 3 saturated carbocycles. The number of carbonyl (C=O) groups excluding carboxylic acids is 1. The molecule has 3 aliphatic carbocycles. The summed E-state index contributed by atoms with van der Waals surface area (Å²) in [5.41, 5.74) is 2.32. The first kappa shape index (κ1) is 19.0. The van der Waals surface area contributed by atoms with Crippen LogP contribution < -0.4 is 0 Å². The van der Waals surface area contributed by atoms with Gasteiger partial charge in [-0.1, -0.05) is 26.0 Å². The van der Waals surface area contributed by atoms with Crippen LogP contribution in [0.3, 0.4) is 0 Å². The lowest BCUT2D eigenvalue weighted by atomic mass is 9.48. The van der Waals surface area contributed by atoms with Crippen LogP contribution in [0.25, 0.3) is 6.08 Å². The van der Waals surface area contributed by atoms with E-state index in [1.165, 1.54) is 5.57 Å². The van der Waals surface area contributed by atoms with Gasteiger partial charge in [-0.05, 0) is 79.2 Å². The van der Waals surface area contributed by atoms with Crippen molar-refractivity contribution in [3.8, 4) is 0 Å². The predicted molar refractivity (Wildman–Crippen MR) is 114 cm³/mol. The first-order chi connectivity index (χ1) is 13.8. The number of aliphatic hydroxyl groups excluding tert-OH is 1. The van der Waals surface area contributed by atoms with E-state index in [1.807, 2.05) is 36.5 Å². The maximum atomic E-state index is 12.2. The Kier molecular flexibility index (Phi) is 4.29. The zero-order valence-electron chi connectivity index (χ0n) is 17.7. The molecule has 3 fully saturated rings. The summed E-state index contributed by atoms with van der Waals surface area (Å²) in [6.07, 6.45) is 14.9. The number of nitrogens with zero attached hydrogens (tertiary/aromatic N) is 2. The topological polar surface area (TPSA) is 53.4 Å². The molecule has 0 radical (unpaired) electrons. The molecule has 2 heterocycles. The summed E-state index contributed by atoms with van der Waals surface area (Å²) in [5.74, 6) is 1.85. The van der Waals surface area contributed by atoms with Crippen LogP contribution >= 0.6 is 0 Å². The Balaban J connectivity index is 1.48. The standard InChI is InChI=1S/C25H32N2O2/c1-24-11-7-22(28)27(3)21(24)5-4-18-19(24)6-10-25(2)20(18)15-17(23(25)29)14-16-8-12-26-13-9-16/h7-9,11-14,18-21,23,29H,4-6,10,15H2,1-3H3/b17-14+/t18-,19+,20+,21-,23+,24-,25+/m1/s1. The zero-order chi connectivity index (χ0) is 20.4. The number of rotatable bonds is 1. The van der Waals surface area contributed by atoms with Gasteiger partial charge in [0.15, 0.2) is 0 Å². The fourth-order valence-electron chi connectivity index (χ4n) is 7.41. The van der Waals surface area contributed by atoms with Gasteiger partial charge >= 0.3 is 0 Å². The molecule has 0 saturated heterocycles. The summed E-state index contributed by atoms with van der Waals surface area (Å²) < 4.78 is 0. The summed E-state index contributed by atoms with van der Waals surface area (Å²) >= 11 is 0. The Morgan fingerprint density at radius 2 is 1.93 bits per heavy atom. The summed E-state index contributed by atoms with van der Waals surface area (Å²) in [6.45, 7) is 4.68. The van der Waals surface area contributed by atoms with Gasteiger partial charge in [0, 0.05) is 36.3 Å². The summed E-state index contributed by atoms with van der Waals surface area (Å²) in [7, 11) is 1.97. The van der Waals surface area contributed by atoms with Crippen molar-refractivity contribution in [1.29, 1.82) is 0 Å². The number of fused-ring (bicyclic) bond motifs is 5. The monoisotopic (exact) mass is 392 g/mol. The molecule has 1 aromatic rings. The SMILES string of the molecule is CN1C(=O)C=C[C@]2(C)[C@H]3CC[C@]4(C)[C@@H](O)/C(=C/c5ccncc5)C[C@H]4[C@@H]3CC[C@@H]12. The first-order valence-electron chi connectivity index (χ1n) is 11.1. The van der Waals surface area contributed by atoms with Crippen molar-refractivity contribution in [1.82, 2.24) is 9.88 Å². The Morgan fingerprint density at radius 1 is 1.17 bits per heavy atom. The molecule has 4 heteroatoms. The highest BCUT2D eigenvalue weighted by molar-refractivity contribution is 5.89. The number of hydrogen-bond acceptors (Lipinski definition) is 3. The van der Waals surface area contributed by atoms with E-state index >= 15 is 0 Å². The molecule has 4 nitrogen and oxygen atoms in total. The van der Waals surface area contributed by atoms with E-state index < -0.39 is 0 Å². The van der Waals surface area contributed by atoms with Crippen LogP contribution in [0.15, 0.2) is 42.3 Å². The predicted octanol–water partition coefficient (Wildman–Crippen LogP) is 4.08. The van der Waals surface area contributed by atoms with E-state index in [-0.39, 0.29) is 22.8 Å². The minimum atomic E-state index is -0.363. The lowest BCUT2D eigenvalue weighted by molar-refractivity contribution is -0.140. The van der Waals surface area contributed by atoms with Crippen molar-refractivity contribution in [2.24, 2.45) is 28.6 Å². The van der Waals surface area contributed by atoms with Crippen LogP contribution in [0, 0.1) is 28.6 Å². The molecular weight excluding hydrogens is 360 g/mol. The van der Waals surface area contributed by atoms with Gasteiger partial charge < -0.3 is 10.0 Å². The van der Waals surface area contributed by atoms with Crippen molar-refractivity contribution in [2.75, 3.05) is 7.05 Å². The number of amides is 1. The molecule has 1 aromatic heterocycles. The van der Waals surface area contributed by atoms with E-state index in [9.17, 15) is 9.90 Å². The first-order valence-corrected chi connectivity index (χ1v) is 11.1. The number of carbonyl (C=O) groups is 1. The van der Waals surface area contributed by atoms with Crippen molar-refractivity contribution in [2.45, 2.75) is 58.1 Å². The normalized spacial score (nSPS) is 45.1. The third-order valence-electron chi connectivity index (χ3n) is 9.05. The van der Waals surface area contributed by atoms with Gasteiger partial charge in [0.25, 0.3) is 0 Å². The molecule has 0 unspecified atom stereocenters. The lowest BCUT2D eigenvalue weighted by Crippen LogP contribution is -2.59. The van der Waals surface area contributed by atoms with Crippen LogP contribution in [-0.4, -0.2) is 40.1 Å². The number of aliphatic hydroxyl groups is 1. The fourth-order valence-corrected chi connectivity index (χ4v) is 7.41. The van der Waals surface area contributed by atoms with Gasteiger partial charge in [-0.25, -0.2) is 0 Å². The maximum Gasteiger partial charge on any atom is 0.246 e. The van der Waals surface area contributed by atoms with Crippen molar-refractivity contribution < 1.29 is 9.90 Å². The van der Waals surface area contributed by atoms with Crippen LogP contribution in [0.4, 0.5) is 0 Å².